The van der Waals surface area contributed by atoms with Crippen LogP contribution in [0.1, 0.15) is 18.4 Å². The minimum atomic E-state index is 0. The van der Waals surface area contributed by atoms with Crippen LogP contribution in [0.5, 0.6) is 5.75 Å². The van der Waals surface area contributed by atoms with Gasteiger partial charge in [0.25, 0.3) is 0 Å². The highest BCUT2D eigenvalue weighted by Gasteiger charge is 2.23. The Kier molecular flexibility index (Phi) is 7.54. The van der Waals surface area contributed by atoms with E-state index in [1.165, 1.54) is 6.42 Å². The number of rotatable bonds is 5. The van der Waals surface area contributed by atoms with E-state index in [9.17, 15) is 4.79 Å². The van der Waals surface area contributed by atoms with E-state index in [0.717, 1.165) is 37.4 Å². The van der Waals surface area contributed by atoms with Crippen molar-refractivity contribution in [3.63, 3.8) is 0 Å². The molecule has 2 rings (SSSR count). The van der Waals surface area contributed by atoms with Gasteiger partial charge in [-0.3, -0.25) is 4.79 Å². The third-order valence-electron chi connectivity index (χ3n) is 3.90. The topological polar surface area (TPSA) is 41.6 Å². The molecule has 1 aromatic carbocycles. The zero-order chi connectivity index (χ0) is 14.4. The van der Waals surface area contributed by atoms with Gasteiger partial charge < -0.3 is 15.0 Å². The van der Waals surface area contributed by atoms with E-state index in [-0.39, 0.29) is 18.3 Å². The molecule has 1 aromatic rings. The standard InChI is InChI=1S/C16H24N2O2.ClH/c1-17-11-13-6-5-9-18(12-13)16(19)10-14-7-3-4-8-15(14)20-2;/h3-4,7-8,13,17H,5-6,9-12H2,1-2H3;1H. The van der Waals surface area contributed by atoms with Crippen LogP contribution < -0.4 is 10.1 Å². The number of amides is 1. The molecule has 1 amide bonds. The monoisotopic (exact) mass is 312 g/mol. The second kappa shape index (κ2) is 8.90. The van der Waals surface area contributed by atoms with E-state index in [1.54, 1.807) is 7.11 Å². The highest BCUT2D eigenvalue weighted by Crippen LogP contribution is 2.21. The number of hydrogen-bond acceptors (Lipinski definition) is 3. The Labute approximate surface area is 133 Å². The predicted molar refractivity (Wildman–Crippen MR) is 87.2 cm³/mol. The van der Waals surface area contributed by atoms with E-state index in [2.05, 4.69) is 5.32 Å². The van der Waals surface area contributed by atoms with Gasteiger partial charge in [-0.25, -0.2) is 0 Å². The summed E-state index contributed by atoms with van der Waals surface area (Å²) in [6.45, 7) is 2.74. The van der Waals surface area contributed by atoms with Crippen LogP contribution >= 0.6 is 12.4 Å². The van der Waals surface area contributed by atoms with Crippen LogP contribution in [0.4, 0.5) is 0 Å². The van der Waals surface area contributed by atoms with E-state index < -0.39 is 0 Å². The van der Waals surface area contributed by atoms with Gasteiger partial charge in [-0.15, -0.1) is 12.4 Å². The fraction of sp³-hybridized carbons (Fsp3) is 0.562. The Bertz CT molecular complexity index is 452. The molecule has 1 saturated heterocycles. The molecule has 1 unspecified atom stereocenters. The lowest BCUT2D eigenvalue weighted by Gasteiger charge is -2.33. The summed E-state index contributed by atoms with van der Waals surface area (Å²) in [5.41, 5.74) is 0.968. The molecular formula is C16H25ClN2O2. The number of hydrogen-bond donors (Lipinski definition) is 1. The Morgan fingerprint density at radius 3 is 2.90 bits per heavy atom. The van der Waals surface area contributed by atoms with Gasteiger partial charge in [0.05, 0.1) is 13.5 Å². The Balaban J connectivity index is 0.00000220. The molecule has 1 atom stereocenters. The summed E-state index contributed by atoms with van der Waals surface area (Å²) in [4.78, 5) is 14.4. The van der Waals surface area contributed by atoms with Crippen molar-refractivity contribution in [2.75, 3.05) is 33.8 Å². The van der Waals surface area contributed by atoms with Crippen LogP contribution in [0.2, 0.25) is 0 Å². The Morgan fingerprint density at radius 1 is 1.43 bits per heavy atom. The first-order valence-electron chi connectivity index (χ1n) is 7.29. The normalized spacial score (nSPS) is 18.0. The van der Waals surface area contributed by atoms with Crippen molar-refractivity contribution in [1.29, 1.82) is 0 Å². The highest BCUT2D eigenvalue weighted by molar-refractivity contribution is 5.85. The lowest BCUT2D eigenvalue weighted by molar-refractivity contribution is -0.132. The number of halogens is 1. The number of piperidine rings is 1. The molecule has 118 valence electrons. The van der Waals surface area contributed by atoms with E-state index >= 15 is 0 Å². The predicted octanol–water partition coefficient (Wildman–Crippen LogP) is 2.12. The summed E-state index contributed by atoms with van der Waals surface area (Å²) in [7, 11) is 3.61. The minimum Gasteiger partial charge on any atom is -0.496 e. The number of nitrogens with one attached hydrogen (secondary N) is 1. The Morgan fingerprint density at radius 2 is 2.19 bits per heavy atom. The molecule has 1 fully saturated rings. The van der Waals surface area contributed by atoms with Crippen molar-refractivity contribution in [3.8, 4) is 5.75 Å². The number of nitrogens with zero attached hydrogens (tertiary/aromatic N) is 1. The first-order chi connectivity index (χ1) is 9.74. The van der Waals surface area contributed by atoms with Gasteiger partial charge >= 0.3 is 0 Å². The SMILES string of the molecule is CNCC1CCCN(C(=O)Cc2ccccc2OC)C1.Cl. The number of carbonyl (C=O) groups excluding carboxylic acids is 1. The maximum absolute atomic E-state index is 12.4. The zero-order valence-electron chi connectivity index (χ0n) is 12.8. The lowest BCUT2D eigenvalue weighted by atomic mass is 9.97. The molecule has 1 N–H and O–H groups in total. The molecule has 1 aliphatic rings. The largest absolute Gasteiger partial charge is 0.496 e. The second-order valence-corrected chi connectivity index (χ2v) is 5.39. The first kappa shape index (κ1) is 17.8. The van der Waals surface area contributed by atoms with Crippen LogP contribution in [-0.4, -0.2) is 44.6 Å². The quantitative estimate of drug-likeness (QED) is 0.905. The van der Waals surface area contributed by atoms with Crippen LogP contribution in [-0.2, 0) is 11.2 Å². The molecule has 0 aromatic heterocycles. The molecular weight excluding hydrogens is 288 g/mol. The van der Waals surface area contributed by atoms with E-state index in [1.807, 2.05) is 36.2 Å². The van der Waals surface area contributed by atoms with E-state index in [4.69, 9.17) is 4.74 Å². The maximum atomic E-state index is 12.4. The number of benzene rings is 1. The van der Waals surface area contributed by atoms with Gasteiger partial charge in [0.1, 0.15) is 5.75 Å². The molecule has 5 heteroatoms. The summed E-state index contributed by atoms with van der Waals surface area (Å²) in [5, 5.41) is 3.21. The smallest absolute Gasteiger partial charge is 0.227 e. The summed E-state index contributed by atoms with van der Waals surface area (Å²) in [5.74, 6) is 1.58. The molecule has 0 bridgehead atoms. The summed E-state index contributed by atoms with van der Waals surface area (Å²) in [6.07, 6.45) is 2.74. The first-order valence-corrected chi connectivity index (χ1v) is 7.29. The van der Waals surface area contributed by atoms with E-state index in [0.29, 0.717) is 12.3 Å². The third kappa shape index (κ3) is 4.90. The molecule has 4 nitrogen and oxygen atoms in total. The van der Waals surface area contributed by atoms with Crippen LogP contribution in [0.3, 0.4) is 0 Å². The second-order valence-electron chi connectivity index (χ2n) is 5.39. The van der Waals surface area contributed by atoms with Crippen molar-refractivity contribution in [1.82, 2.24) is 10.2 Å². The maximum Gasteiger partial charge on any atom is 0.227 e. The minimum absolute atomic E-state index is 0. The molecule has 21 heavy (non-hydrogen) atoms. The van der Waals surface area contributed by atoms with Crippen molar-refractivity contribution < 1.29 is 9.53 Å². The van der Waals surface area contributed by atoms with Crippen molar-refractivity contribution in [2.24, 2.45) is 5.92 Å². The molecule has 0 radical (unpaired) electrons. The van der Waals surface area contributed by atoms with Gasteiger partial charge in [0.15, 0.2) is 0 Å². The molecule has 1 heterocycles. The van der Waals surface area contributed by atoms with Crippen LogP contribution in [0.15, 0.2) is 24.3 Å². The van der Waals surface area contributed by atoms with Gasteiger partial charge in [0, 0.05) is 18.7 Å². The third-order valence-corrected chi connectivity index (χ3v) is 3.90. The number of methoxy groups -OCH3 is 1. The van der Waals surface area contributed by atoms with Crippen molar-refractivity contribution in [3.05, 3.63) is 29.8 Å². The fourth-order valence-electron chi connectivity index (χ4n) is 2.87. The zero-order valence-corrected chi connectivity index (χ0v) is 13.6. The van der Waals surface area contributed by atoms with Gasteiger partial charge in [-0.2, -0.15) is 0 Å². The average Bonchev–Trinajstić information content (AvgIpc) is 2.48. The lowest BCUT2D eigenvalue weighted by Crippen LogP contribution is -2.43. The fourth-order valence-corrected chi connectivity index (χ4v) is 2.87. The van der Waals surface area contributed by atoms with Crippen molar-refractivity contribution in [2.45, 2.75) is 19.3 Å². The van der Waals surface area contributed by atoms with Gasteiger partial charge in [-0.05, 0) is 38.4 Å². The van der Waals surface area contributed by atoms with Gasteiger partial charge in [-0.1, -0.05) is 18.2 Å². The summed E-state index contributed by atoms with van der Waals surface area (Å²) < 4.78 is 5.31. The molecule has 0 aliphatic carbocycles. The molecule has 0 spiro atoms. The van der Waals surface area contributed by atoms with Gasteiger partial charge in [0.2, 0.25) is 5.91 Å². The number of carbonyl (C=O) groups is 1. The highest BCUT2D eigenvalue weighted by atomic mass is 35.5. The number of ether oxygens (including phenoxy) is 1. The average molecular weight is 313 g/mol. The number of likely N-dealkylation sites (tertiary alicyclic amines) is 1. The summed E-state index contributed by atoms with van der Waals surface area (Å²) >= 11 is 0. The number of para-hydroxylation sites is 1. The van der Waals surface area contributed by atoms with Crippen molar-refractivity contribution >= 4 is 18.3 Å². The molecule has 1 aliphatic heterocycles. The van der Waals surface area contributed by atoms with Crippen LogP contribution in [0.25, 0.3) is 0 Å². The molecule has 0 saturated carbocycles. The summed E-state index contributed by atoms with van der Waals surface area (Å²) in [6, 6.07) is 7.75. The Hall–Kier alpha value is -1.26. The van der Waals surface area contributed by atoms with Crippen LogP contribution in [0, 0.1) is 5.92 Å².